The van der Waals surface area contributed by atoms with E-state index in [4.69, 9.17) is 0 Å². The van der Waals surface area contributed by atoms with Crippen LogP contribution in [0.5, 0.6) is 0 Å². The summed E-state index contributed by atoms with van der Waals surface area (Å²) in [5.74, 6) is -9.82. The van der Waals surface area contributed by atoms with E-state index in [1.54, 1.807) is 6.08 Å². The number of rotatable bonds is 4. The Hall–Kier alpha value is -1.39. The standard InChI is InChI=1S/C13H11F5/c1-2-3-4-6-5-7(6)8-9(14)11(16)13(18)12(17)10(8)15/h2,6-7H,1,3-5H2/t6?,7-/m0/s1. The van der Waals surface area contributed by atoms with Crippen molar-refractivity contribution in [2.24, 2.45) is 5.92 Å². The van der Waals surface area contributed by atoms with Crippen LogP contribution < -0.4 is 0 Å². The summed E-state index contributed by atoms with van der Waals surface area (Å²) in [5, 5.41) is 0. The molecule has 1 aliphatic carbocycles. The lowest BCUT2D eigenvalue weighted by molar-refractivity contribution is 0.369. The maximum Gasteiger partial charge on any atom is 0.200 e. The van der Waals surface area contributed by atoms with E-state index in [0.29, 0.717) is 19.3 Å². The second-order valence-corrected chi connectivity index (χ2v) is 4.45. The number of halogens is 5. The lowest BCUT2D eigenvalue weighted by atomic mass is 10.0. The molecule has 0 aliphatic heterocycles. The van der Waals surface area contributed by atoms with Gasteiger partial charge in [-0.3, -0.25) is 0 Å². The summed E-state index contributed by atoms with van der Waals surface area (Å²) in [7, 11) is 0. The fraction of sp³-hybridized carbons (Fsp3) is 0.385. The van der Waals surface area contributed by atoms with E-state index in [1.165, 1.54) is 0 Å². The third kappa shape index (κ3) is 2.02. The molecule has 0 radical (unpaired) electrons. The first-order valence-electron chi connectivity index (χ1n) is 5.61. The molecule has 18 heavy (non-hydrogen) atoms. The predicted octanol–water partition coefficient (Wildman–Crippen LogP) is 4.45. The molecule has 5 heteroatoms. The zero-order valence-electron chi connectivity index (χ0n) is 9.45. The predicted molar refractivity (Wildman–Crippen MR) is 56.5 cm³/mol. The highest BCUT2D eigenvalue weighted by molar-refractivity contribution is 5.31. The normalized spacial score (nSPS) is 22.1. The van der Waals surface area contributed by atoms with Crippen LogP contribution in [-0.2, 0) is 0 Å². The van der Waals surface area contributed by atoms with Gasteiger partial charge in [0.25, 0.3) is 0 Å². The first-order valence-corrected chi connectivity index (χ1v) is 5.61. The Morgan fingerprint density at radius 3 is 1.94 bits per heavy atom. The van der Waals surface area contributed by atoms with Gasteiger partial charge in [-0.05, 0) is 31.1 Å². The molecule has 0 bridgehead atoms. The lowest BCUT2D eigenvalue weighted by Gasteiger charge is -2.07. The molecule has 0 spiro atoms. The zero-order chi connectivity index (χ0) is 13.4. The van der Waals surface area contributed by atoms with Crippen molar-refractivity contribution in [2.45, 2.75) is 25.2 Å². The van der Waals surface area contributed by atoms with Crippen molar-refractivity contribution >= 4 is 0 Å². The van der Waals surface area contributed by atoms with E-state index in [-0.39, 0.29) is 5.92 Å². The smallest absolute Gasteiger partial charge is 0.200 e. The van der Waals surface area contributed by atoms with Gasteiger partial charge in [-0.15, -0.1) is 6.58 Å². The van der Waals surface area contributed by atoms with Crippen LogP contribution in [0.15, 0.2) is 12.7 Å². The second kappa shape index (κ2) is 4.71. The van der Waals surface area contributed by atoms with Crippen molar-refractivity contribution < 1.29 is 22.0 Å². The molecule has 0 heterocycles. The van der Waals surface area contributed by atoms with Gasteiger partial charge in [0, 0.05) is 5.56 Å². The topological polar surface area (TPSA) is 0 Å². The van der Waals surface area contributed by atoms with E-state index >= 15 is 0 Å². The van der Waals surface area contributed by atoms with Gasteiger partial charge in [0.2, 0.25) is 5.82 Å². The number of hydrogen-bond donors (Lipinski definition) is 0. The molecule has 98 valence electrons. The Labute approximate surface area is 101 Å². The first kappa shape index (κ1) is 13.1. The average molecular weight is 262 g/mol. The molecule has 0 amide bonds. The van der Waals surface area contributed by atoms with Gasteiger partial charge in [0.1, 0.15) is 0 Å². The fourth-order valence-corrected chi connectivity index (χ4v) is 2.20. The molecule has 0 N–H and O–H groups in total. The van der Waals surface area contributed by atoms with Crippen LogP contribution in [0, 0.1) is 35.0 Å². The molecule has 1 fully saturated rings. The molecule has 0 saturated heterocycles. The van der Waals surface area contributed by atoms with Crippen LogP contribution in [0.25, 0.3) is 0 Å². The Kier molecular flexibility index (Phi) is 3.41. The Morgan fingerprint density at radius 2 is 1.44 bits per heavy atom. The summed E-state index contributed by atoms with van der Waals surface area (Å²) < 4.78 is 65.7. The number of benzene rings is 1. The molecular weight excluding hydrogens is 251 g/mol. The van der Waals surface area contributed by atoms with Crippen LogP contribution in [0.1, 0.15) is 30.7 Å². The molecule has 2 rings (SSSR count). The van der Waals surface area contributed by atoms with Crippen LogP contribution in [0.4, 0.5) is 22.0 Å². The van der Waals surface area contributed by atoms with Crippen molar-refractivity contribution in [1.29, 1.82) is 0 Å². The second-order valence-electron chi connectivity index (χ2n) is 4.45. The van der Waals surface area contributed by atoms with Crippen molar-refractivity contribution in [3.8, 4) is 0 Å². The summed E-state index contributed by atoms with van der Waals surface area (Å²) in [4.78, 5) is 0. The van der Waals surface area contributed by atoms with Gasteiger partial charge in [-0.25, -0.2) is 22.0 Å². The highest BCUT2D eigenvalue weighted by Gasteiger charge is 2.43. The highest BCUT2D eigenvalue weighted by atomic mass is 19.2. The van der Waals surface area contributed by atoms with Gasteiger partial charge in [0.15, 0.2) is 23.3 Å². The van der Waals surface area contributed by atoms with E-state index in [1.807, 2.05) is 0 Å². The molecule has 1 saturated carbocycles. The molecular formula is C13H11F5. The maximum atomic E-state index is 13.4. The third-order valence-electron chi connectivity index (χ3n) is 3.28. The van der Waals surface area contributed by atoms with Crippen LogP contribution in [-0.4, -0.2) is 0 Å². The molecule has 1 aliphatic rings. The Balaban J connectivity index is 2.33. The monoisotopic (exact) mass is 262 g/mol. The minimum Gasteiger partial charge on any atom is -0.203 e. The maximum absolute atomic E-state index is 13.4. The lowest BCUT2D eigenvalue weighted by Crippen LogP contribution is -2.06. The minimum absolute atomic E-state index is 0.0312. The average Bonchev–Trinajstić information content (AvgIpc) is 3.11. The van der Waals surface area contributed by atoms with Gasteiger partial charge >= 0.3 is 0 Å². The van der Waals surface area contributed by atoms with E-state index in [9.17, 15) is 22.0 Å². The van der Waals surface area contributed by atoms with Gasteiger partial charge in [-0.2, -0.15) is 0 Å². The van der Waals surface area contributed by atoms with Gasteiger partial charge in [-0.1, -0.05) is 6.08 Å². The van der Waals surface area contributed by atoms with Crippen molar-refractivity contribution in [3.05, 3.63) is 47.3 Å². The molecule has 0 nitrogen and oxygen atoms in total. The summed E-state index contributed by atoms with van der Waals surface area (Å²) >= 11 is 0. The first-order chi connectivity index (χ1) is 8.49. The van der Waals surface area contributed by atoms with Gasteiger partial charge < -0.3 is 0 Å². The summed E-state index contributed by atoms with van der Waals surface area (Å²) in [5.41, 5.74) is -0.666. The number of hydrogen-bond acceptors (Lipinski definition) is 0. The van der Waals surface area contributed by atoms with Crippen molar-refractivity contribution in [3.63, 3.8) is 0 Å². The van der Waals surface area contributed by atoms with Gasteiger partial charge in [0.05, 0.1) is 0 Å². The quantitative estimate of drug-likeness (QED) is 0.325. The van der Waals surface area contributed by atoms with E-state index in [0.717, 1.165) is 0 Å². The largest absolute Gasteiger partial charge is 0.203 e. The number of allylic oxidation sites excluding steroid dienone is 1. The summed E-state index contributed by atoms with van der Waals surface area (Å²) in [6.45, 7) is 3.52. The van der Waals surface area contributed by atoms with Crippen molar-refractivity contribution in [2.75, 3.05) is 0 Å². The third-order valence-corrected chi connectivity index (χ3v) is 3.28. The molecule has 0 aromatic heterocycles. The van der Waals surface area contributed by atoms with E-state index in [2.05, 4.69) is 6.58 Å². The van der Waals surface area contributed by atoms with Crippen molar-refractivity contribution in [1.82, 2.24) is 0 Å². The molecule has 2 atom stereocenters. The van der Waals surface area contributed by atoms with Crippen LogP contribution >= 0.6 is 0 Å². The Morgan fingerprint density at radius 1 is 0.944 bits per heavy atom. The van der Waals surface area contributed by atoms with E-state index < -0.39 is 40.6 Å². The van der Waals surface area contributed by atoms with Crippen LogP contribution in [0.3, 0.4) is 0 Å². The molecule has 1 unspecified atom stereocenters. The summed E-state index contributed by atoms with van der Waals surface area (Å²) in [6.07, 6.45) is 3.42. The highest BCUT2D eigenvalue weighted by Crippen LogP contribution is 2.52. The fourth-order valence-electron chi connectivity index (χ4n) is 2.20. The minimum atomic E-state index is -2.10. The zero-order valence-corrected chi connectivity index (χ0v) is 9.45. The molecule has 1 aromatic carbocycles. The van der Waals surface area contributed by atoms with Crippen LogP contribution in [0.2, 0.25) is 0 Å². The molecule has 1 aromatic rings. The summed E-state index contributed by atoms with van der Waals surface area (Å²) in [6, 6.07) is 0. The SMILES string of the molecule is C=CCCC1C[C@@H]1c1c(F)c(F)c(F)c(F)c1F. The Bertz CT molecular complexity index is 466.